The lowest BCUT2D eigenvalue weighted by molar-refractivity contribution is 0.0951. The lowest BCUT2D eigenvalue weighted by atomic mass is 10.2. The number of ether oxygens (including phenoxy) is 1. The molecule has 0 bridgehead atoms. The molecule has 0 unspecified atom stereocenters. The van der Waals surface area contributed by atoms with E-state index in [1.807, 2.05) is 30.3 Å². The van der Waals surface area contributed by atoms with Crippen molar-refractivity contribution in [3.8, 4) is 5.75 Å². The van der Waals surface area contributed by atoms with Gasteiger partial charge in [-0.25, -0.2) is 13.1 Å². The molecule has 7 nitrogen and oxygen atoms in total. The minimum atomic E-state index is -3.60. The average Bonchev–Trinajstić information content (AvgIpc) is 2.73. The van der Waals surface area contributed by atoms with Gasteiger partial charge in [0.05, 0.1) is 11.5 Å². The molecule has 0 spiro atoms. The first kappa shape index (κ1) is 20.8. The number of benzene rings is 2. The predicted molar refractivity (Wildman–Crippen MR) is 111 cm³/mol. The van der Waals surface area contributed by atoms with E-state index in [1.165, 1.54) is 12.1 Å². The Hall–Kier alpha value is -2.97. The van der Waals surface area contributed by atoms with Gasteiger partial charge in [-0.05, 0) is 36.8 Å². The molecule has 1 heterocycles. The first-order valence-electron chi connectivity index (χ1n) is 9.36. The largest absolute Gasteiger partial charge is 0.491 e. The third-order valence-electron chi connectivity index (χ3n) is 4.20. The number of sulfonamides is 1. The maximum atomic E-state index is 12.3. The summed E-state index contributed by atoms with van der Waals surface area (Å²) in [6.07, 6.45) is 2.32. The molecule has 0 saturated heterocycles. The summed E-state index contributed by atoms with van der Waals surface area (Å²) in [7, 11) is -3.60. The fourth-order valence-corrected chi connectivity index (χ4v) is 3.92. The quantitative estimate of drug-likeness (QED) is 0.526. The number of rotatable bonds is 9. The van der Waals surface area contributed by atoms with E-state index in [0.717, 1.165) is 10.9 Å². The maximum Gasteiger partial charge on any atom is 0.251 e. The summed E-state index contributed by atoms with van der Waals surface area (Å²) in [5.41, 5.74) is 1.10. The predicted octanol–water partition coefficient (Wildman–Crippen LogP) is 2.73. The highest BCUT2D eigenvalue weighted by molar-refractivity contribution is 7.89. The Labute approximate surface area is 170 Å². The molecule has 0 saturated carbocycles. The van der Waals surface area contributed by atoms with E-state index in [2.05, 4.69) is 15.0 Å². The van der Waals surface area contributed by atoms with E-state index in [9.17, 15) is 13.2 Å². The van der Waals surface area contributed by atoms with Crippen LogP contribution in [0.1, 0.15) is 23.7 Å². The number of fused-ring (bicyclic) bond motifs is 1. The van der Waals surface area contributed by atoms with E-state index in [1.54, 1.807) is 25.3 Å². The summed E-state index contributed by atoms with van der Waals surface area (Å²) in [5, 5.41) is 3.79. The molecule has 3 aromatic rings. The molecule has 0 aliphatic heterocycles. The molecule has 152 valence electrons. The molecule has 1 amide bonds. The van der Waals surface area contributed by atoms with Crippen molar-refractivity contribution in [2.75, 3.05) is 19.7 Å². The van der Waals surface area contributed by atoms with Crippen LogP contribution in [0.4, 0.5) is 0 Å². The van der Waals surface area contributed by atoms with Crippen molar-refractivity contribution in [3.63, 3.8) is 0 Å². The zero-order valence-electron chi connectivity index (χ0n) is 16.1. The normalized spacial score (nSPS) is 11.3. The van der Waals surface area contributed by atoms with Gasteiger partial charge in [-0.2, -0.15) is 0 Å². The van der Waals surface area contributed by atoms with Gasteiger partial charge in [-0.3, -0.25) is 9.78 Å². The molecule has 3 rings (SSSR count). The standard InChI is InChI=1S/C21H23N3O4S/c1-2-24-29(26,27)18-10-3-8-17(15-18)21(25)23-13-6-14-28-19-11-4-7-16-9-5-12-22-20(16)19/h3-5,7-12,15,24H,2,6,13-14H2,1H3,(H,23,25). The second-order valence-corrected chi connectivity index (χ2v) is 8.09. The van der Waals surface area contributed by atoms with Gasteiger partial charge < -0.3 is 10.1 Å². The number of hydrogen-bond donors (Lipinski definition) is 2. The molecule has 0 atom stereocenters. The first-order chi connectivity index (χ1) is 14.0. The minimum absolute atomic E-state index is 0.0683. The van der Waals surface area contributed by atoms with Crippen molar-refractivity contribution in [1.82, 2.24) is 15.0 Å². The Balaban J connectivity index is 1.51. The summed E-state index contributed by atoms with van der Waals surface area (Å²) in [4.78, 5) is 16.7. The van der Waals surface area contributed by atoms with Crippen molar-refractivity contribution in [1.29, 1.82) is 0 Å². The molecule has 8 heteroatoms. The highest BCUT2D eigenvalue weighted by Gasteiger charge is 2.15. The fraction of sp³-hybridized carbons (Fsp3) is 0.238. The summed E-state index contributed by atoms with van der Waals surface area (Å²) >= 11 is 0. The summed E-state index contributed by atoms with van der Waals surface area (Å²) in [6, 6.07) is 15.6. The van der Waals surface area contributed by atoms with Crippen LogP contribution in [-0.2, 0) is 10.0 Å². The second kappa shape index (κ2) is 9.49. The number of carbonyl (C=O) groups is 1. The Kier molecular flexibility index (Phi) is 6.79. The van der Waals surface area contributed by atoms with E-state index < -0.39 is 10.0 Å². The molecule has 0 aliphatic carbocycles. The van der Waals surface area contributed by atoms with Crippen LogP contribution in [0.2, 0.25) is 0 Å². The van der Waals surface area contributed by atoms with Crippen molar-refractivity contribution in [3.05, 3.63) is 66.4 Å². The first-order valence-corrected chi connectivity index (χ1v) is 10.8. The van der Waals surface area contributed by atoms with Gasteiger partial charge in [-0.1, -0.05) is 31.2 Å². The number of hydrogen-bond acceptors (Lipinski definition) is 5. The topological polar surface area (TPSA) is 97.4 Å². The Morgan fingerprint density at radius 2 is 1.90 bits per heavy atom. The highest BCUT2D eigenvalue weighted by atomic mass is 32.2. The smallest absolute Gasteiger partial charge is 0.251 e. The molecule has 2 N–H and O–H groups in total. The Bertz CT molecular complexity index is 1090. The van der Waals surface area contributed by atoms with Gasteiger partial charge >= 0.3 is 0 Å². The second-order valence-electron chi connectivity index (χ2n) is 6.32. The number of carbonyl (C=O) groups excluding carboxylic acids is 1. The highest BCUT2D eigenvalue weighted by Crippen LogP contribution is 2.22. The molecule has 0 radical (unpaired) electrons. The van der Waals surface area contributed by atoms with E-state index in [4.69, 9.17) is 4.74 Å². The third kappa shape index (κ3) is 5.30. The van der Waals surface area contributed by atoms with Crippen molar-refractivity contribution >= 4 is 26.8 Å². The summed E-state index contributed by atoms with van der Waals surface area (Å²) in [6.45, 7) is 2.81. The third-order valence-corrected chi connectivity index (χ3v) is 5.74. The molecule has 29 heavy (non-hydrogen) atoms. The molecule has 2 aromatic carbocycles. The number of aromatic nitrogens is 1. The summed E-state index contributed by atoms with van der Waals surface area (Å²) in [5.74, 6) is 0.376. The molecular formula is C21H23N3O4S. The fourth-order valence-electron chi connectivity index (χ4n) is 2.83. The van der Waals surface area contributed by atoms with Crippen LogP contribution in [0.15, 0.2) is 65.7 Å². The minimum Gasteiger partial charge on any atom is -0.491 e. The Morgan fingerprint density at radius 1 is 1.10 bits per heavy atom. The zero-order valence-corrected chi connectivity index (χ0v) is 16.9. The van der Waals surface area contributed by atoms with Gasteiger partial charge in [0.15, 0.2) is 0 Å². The number of nitrogens with zero attached hydrogens (tertiary/aromatic N) is 1. The Morgan fingerprint density at radius 3 is 2.72 bits per heavy atom. The lowest BCUT2D eigenvalue weighted by Crippen LogP contribution is -2.27. The van der Waals surface area contributed by atoms with Gasteiger partial charge in [0, 0.05) is 30.2 Å². The van der Waals surface area contributed by atoms with E-state index in [-0.39, 0.29) is 17.3 Å². The maximum absolute atomic E-state index is 12.3. The van der Waals surface area contributed by atoms with Crippen molar-refractivity contribution < 1.29 is 17.9 Å². The van der Waals surface area contributed by atoms with Crippen LogP contribution < -0.4 is 14.8 Å². The van der Waals surface area contributed by atoms with Gasteiger partial charge in [0.25, 0.3) is 5.91 Å². The van der Waals surface area contributed by atoms with Crippen molar-refractivity contribution in [2.45, 2.75) is 18.2 Å². The number of nitrogens with one attached hydrogen (secondary N) is 2. The molecule has 0 aliphatic rings. The lowest BCUT2D eigenvalue weighted by Gasteiger charge is -2.10. The van der Waals surface area contributed by atoms with Gasteiger partial charge in [0.2, 0.25) is 10.0 Å². The van der Waals surface area contributed by atoms with Crippen LogP contribution in [0.3, 0.4) is 0 Å². The average molecular weight is 413 g/mol. The van der Waals surface area contributed by atoms with Crippen LogP contribution in [0.5, 0.6) is 5.75 Å². The van der Waals surface area contributed by atoms with Gasteiger partial charge in [-0.15, -0.1) is 0 Å². The van der Waals surface area contributed by atoms with Crippen molar-refractivity contribution in [2.24, 2.45) is 0 Å². The van der Waals surface area contributed by atoms with E-state index >= 15 is 0 Å². The SMILES string of the molecule is CCNS(=O)(=O)c1cccc(C(=O)NCCCOc2cccc3cccnc23)c1. The van der Waals surface area contributed by atoms with Crippen LogP contribution >= 0.6 is 0 Å². The van der Waals surface area contributed by atoms with Crippen LogP contribution in [0.25, 0.3) is 10.9 Å². The molecule has 1 aromatic heterocycles. The summed E-state index contributed by atoms with van der Waals surface area (Å²) < 4.78 is 32.3. The van der Waals surface area contributed by atoms with Gasteiger partial charge in [0.1, 0.15) is 11.3 Å². The number of pyridine rings is 1. The zero-order chi connectivity index (χ0) is 20.7. The van der Waals surface area contributed by atoms with Crippen LogP contribution in [0, 0.1) is 0 Å². The number of amides is 1. The molecule has 0 fully saturated rings. The molecular weight excluding hydrogens is 390 g/mol. The number of para-hydroxylation sites is 1. The monoisotopic (exact) mass is 413 g/mol. The van der Waals surface area contributed by atoms with Crippen LogP contribution in [-0.4, -0.2) is 39.0 Å². The van der Waals surface area contributed by atoms with E-state index in [0.29, 0.717) is 30.9 Å².